The predicted octanol–water partition coefficient (Wildman–Crippen LogP) is 0.548. The summed E-state index contributed by atoms with van der Waals surface area (Å²) in [7, 11) is 0. The first-order valence-electron chi connectivity index (χ1n) is 5.86. The van der Waals surface area contributed by atoms with Crippen molar-refractivity contribution >= 4 is 11.9 Å². The zero-order valence-corrected chi connectivity index (χ0v) is 10.7. The Hall–Kier alpha value is -2.97. The molecule has 102 valence electrons. The highest BCUT2D eigenvalue weighted by molar-refractivity contribution is 5.35. The molecule has 0 aliphatic carbocycles. The number of imidazole rings is 1. The maximum absolute atomic E-state index is 5.67. The smallest absolute Gasteiger partial charge is 0.241 e. The van der Waals surface area contributed by atoms with Crippen LogP contribution in [0.5, 0.6) is 0 Å². The number of nitrogens with two attached hydrogens (primary N) is 1. The monoisotopic (exact) mass is 272 g/mol. The molecule has 0 unspecified atom stereocenters. The van der Waals surface area contributed by atoms with Gasteiger partial charge in [-0.2, -0.15) is 15.0 Å². The Balaban J connectivity index is 1.79. The van der Waals surface area contributed by atoms with Crippen molar-refractivity contribution < 1.29 is 4.52 Å². The van der Waals surface area contributed by atoms with Crippen LogP contribution in [-0.2, 0) is 6.54 Å². The summed E-state index contributed by atoms with van der Waals surface area (Å²) in [6, 6.07) is 1.83. The van der Waals surface area contributed by atoms with Crippen molar-refractivity contribution in [1.82, 2.24) is 29.7 Å². The number of nitrogens with one attached hydrogen (secondary N) is 1. The lowest BCUT2D eigenvalue weighted by molar-refractivity contribution is 0.391. The lowest BCUT2D eigenvalue weighted by atomic mass is 10.4. The number of hydrogen-bond acceptors (Lipinski definition) is 8. The third-order valence-corrected chi connectivity index (χ3v) is 2.48. The van der Waals surface area contributed by atoms with Gasteiger partial charge in [-0.05, 0) is 6.92 Å². The van der Waals surface area contributed by atoms with Crippen LogP contribution in [0, 0.1) is 6.92 Å². The molecule has 3 rings (SSSR count). The summed E-state index contributed by atoms with van der Waals surface area (Å²) >= 11 is 0. The Labute approximate surface area is 113 Å². The molecule has 0 atom stereocenters. The van der Waals surface area contributed by atoms with E-state index in [-0.39, 0.29) is 5.95 Å². The summed E-state index contributed by atoms with van der Waals surface area (Å²) in [5.74, 6) is 1.63. The summed E-state index contributed by atoms with van der Waals surface area (Å²) in [6.45, 7) is 2.26. The van der Waals surface area contributed by atoms with Gasteiger partial charge in [0.2, 0.25) is 17.8 Å². The van der Waals surface area contributed by atoms with Gasteiger partial charge in [-0.3, -0.25) is 4.57 Å². The Morgan fingerprint density at radius 2 is 2.25 bits per heavy atom. The zero-order valence-electron chi connectivity index (χ0n) is 10.7. The number of aryl methyl sites for hydroxylation is 1. The molecule has 0 saturated carbocycles. The van der Waals surface area contributed by atoms with Gasteiger partial charge in [0.1, 0.15) is 17.8 Å². The van der Waals surface area contributed by atoms with E-state index < -0.39 is 0 Å². The Kier molecular flexibility index (Phi) is 2.99. The molecule has 0 bridgehead atoms. The van der Waals surface area contributed by atoms with Crippen LogP contribution in [0.2, 0.25) is 0 Å². The summed E-state index contributed by atoms with van der Waals surface area (Å²) in [6.07, 6.45) is 4.93. The quantitative estimate of drug-likeness (QED) is 0.706. The van der Waals surface area contributed by atoms with Gasteiger partial charge < -0.3 is 15.6 Å². The van der Waals surface area contributed by atoms with Gasteiger partial charge >= 0.3 is 0 Å². The Bertz CT molecular complexity index is 705. The van der Waals surface area contributed by atoms with E-state index in [4.69, 9.17) is 10.3 Å². The van der Waals surface area contributed by atoms with Gasteiger partial charge in [-0.25, -0.2) is 4.98 Å². The molecular weight excluding hydrogens is 260 g/mol. The maximum atomic E-state index is 5.67. The highest BCUT2D eigenvalue weighted by Gasteiger charge is 2.07. The molecule has 3 heterocycles. The Morgan fingerprint density at radius 1 is 1.35 bits per heavy atom. The summed E-state index contributed by atoms with van der Waals surface area (Å²) < 4.78 is 6.62. The molecule has 0 radical (unpaired) electrons. The van der Waals surface area contributed by atoms with Crippen molar-refractivity contribution in [2.24, 2.45) is 0 Å². The molecule has 0 spiro atoms. The molecule has 0 aliphatic rings. The van der Waals surface area contributed by atoms with Crippen molar-refractivity contribution in [3.8, 4) is 5.95 Å². The summed E-state index contributed by atoms with van der Waals surface area (Å²) in [5, 5.41) is 6.89. The van der Waals surface area contributed by atoms with Crippen LogP contribution in [0.3, 0.4) is 0 Å². The van der Waals surface area contributed by atoms with Crippen LogP contribution in [-0.4, -0.2) is 29.7 Å². The zero-order chi connectivity index (χ0) is 13.9. The highest BCUT2D eigenvalue weighted by Crippen LogP contribution is 2.09. The third-order valence-electron chi connectivity index (χ3n) is 2.48. The van der Waals surface area contributed by atoms with E-state index >= 15 is 0 Å². The minimum atomic E-state index is 0.127. The van der Waals surface area contributed by atoms with Crippen LogP contribution in [0.25, 0.3) is 5.95 Å². The topological polar surface area (TPSA) is 121 Å². The largest absolute Gasteiger partial charge is 0.368 e. The van der Waals surface area contributed by atoms with Crippen LogP contribution in [0.4, 0.5) is 11.9 Å². The minimum Gasteiger partial charge on any atom is -0.368 e. The van der Waals surface area contributed by atoms with Gasteiger partial charge in [0.25, 0.3) is 0 Å². The normalized spacial score (nSPS) is 10.7. The molecule has 3 aromatic heterocycles. The van der Waals surface area contributed by atoms with Gasteiger partial charge in [0, 0.05) is 18.5 Å². The average molecular weight is 272 g/mol. The number of nitrogens with zero attached hydrogens (tertiary/aromatic N) is 6. The number of rotatable bonds is 4. The molecule has 20 heavy (non-hydrogen) atoms. The standard InChI is InChI=1S/C11H12N8O/c1-7-4-8(18-20-7)5-14-10-15-9(12)16-11(17-10)19-3-2-13-6-19/h2-4,6H,5H2,1H3,(H3,12,14,15,16,17). The first kappa shape index (κ1) is 12.1. The van der Waals surface area contributed by atoms with E-state index in [1.807, 2.05) is 13.0 Å². The van der Waals surface area contributed by atoms with Crippen molar-refractivity contribution in [2.75, 3.05) is 11.1 Å². The number of anilines is 2. The van der Waals surface area contributed by atoms with Crippen LogP contribution < -0.4 is 11.1 Å². The molecule has 0 fully saturated rings. The lowest BCUT2D eigenvalue weighted by Gasteiger charge is -2.05. The second-order valence-electron chi connectivity index (χ2n) is 4.07. The molecule has 9 nitrogen and oxygen atoms in total. The van der Waals surface area contributed by atoms with E-state index in [9.17, 15) is 0 Å². The maximum Gasteiger partial charge on any atom is 0.241 e. The fourth-order valence-corrected chi connectivity index (χ4v) is 1.62. The van der Waals surface area contributed by atoms with Gasteiger partial charge in [-0.1, -0.05) is 5.16 Å². The van der Waals surface area contributed by atoms with Crippen LogP contribution in [0.15, 0.2) is 29.3 Å². The summed E-state index contributed by atoms with van der Waals surface area (Å²) in [4.78, 5) is 16.2. The third kappa shape index (κ3) is 2.55. The first-order chi connectivity index (χ1) is 9.70. The second kappa shape index (κ2) is 4.96. The van der Waals surface area contributed by atoms with Crippen molar-refractivity contribution in [1.29, 1.82) is 0 Å². The number of aromatic nitrogens is 6. The van der Waals surface area contributed by atoms with Crippen LogP contribution in [0.1, 0.15) is 11.5 Å². The second-order valence-corrected chi connectivity index (χ2v) is 4.07. The average Bonchev–Trinajstić information content (AvgIpc) is 3.07. The fourth-order valence-electron chi connectivity index (χ4n) is 1.62. The van der Waals surface area contributed by atoms with Gasteiger partial charge in [0.05, 0.1) is 6.54 Å². The SMILES string of the molecule is Cc1cc(CNc2nc(N)nc(-n3ccnc3)n2)no1. The Morgan fingerprint density at radius 3 is 2.95 bits per heavy atom. The van der Waals surface area contributed by atoms with E-state index in [1.54, 1.807) is 23.3 Å². The van der Waals surface area contributed by atoms with Gasteiger partial charge in [0.15, 0.2) is 0 Å². The number of nitrogen functional groups attached to an aromatic ring is 1. The van der Waals surface area contributed by atoms with Crippen LogP contribution >= 0.6 is 0 Å². The first-order valence-corrected chi connectivity index (χ1v) is 5.86. The molecule has 9 heteroatoms. The molecule has 0 saturated heterocycles. The van der Waals surface area contributed by atoms with Gasteiger partial charge in [-0.15, -0.1) is 0 Å². The molecule has 0 amide bonds. The molecule has 0 aliphatic heterocycles. The number of hydrogen-bond donors (Lipinski definition) is 2. The molecule has 3 aromatic rings. The summed E-state index contributed by atoms with van der Waals surface area (Å²) in [5.41, 5.74) is 6.42. The lowest BCUT2D eigenvalue weighted by Crippen LogP contribution is -2.10. The molecular formula is C11H12N8O. The minimum absolute atomic E-state index is 0.127. The molecule has 0 aromatic carbocycles. The predicted molar refractivity (Wildman–Crippen MR) is 69.9 cm³/mol. The van der Waals surface area contributed by atoms with E-state index in [1.165, 1.54) is 0 Å². The van der Waals surface area contributed by atoms with Crippen molar-refractivity contribution in [3.05, 3.63) is 36.2 Å². The van der Waals surface area contributed by atoms with Crippen molar-refractivity contribution in [3.63, 3.8) is 0 Å². The van der Waals surface area contributed by atoms with E-state index in [2.05, 4.69) is 30.4 Å². The molecule has 3 N–H and O–H groups in total. The van der Waals surface area contributed by atoms with E-state index in [0.29, 0.717) is 18.4 Å². The highest BCUT2D eigenvalue weighted by atomic mass is 16.5. The fraction of sp³-hybridized carbons (Fsp3) is 0.182. The van der Waals surface area contributed by atoms with E-state index in [0.717, 1.165) is 11.5 Å². The van der Waals surface area contributed by atoms with Crippen molar-refractivity contribution in [2.45, 2.75) is 13.5 Å².